The molecule has 0 bridgehead atoms. The van der Waals surface area contributed by atoms with Crippen molar-refractivity contribution in [3.05, 3.63) is 77.7 Å². The Balaban J connectivity index is 1.30. The van der Waals surface area contributed by atoms with Gasteiger partial charge in [-0.2, -0.15) is 5.10 Å². The summed E-state index contributed by atoms with van der Waals surface area (Å²) in [4.78, 5) is 17.1. The normalized spacial score (nSPS) is 12.2. The molecule has 0 fully saturated rings. The number of aromatic nitrogens is 3. The molecule has 1 aliphatic rings. The fourth-order valence-electron chi connectivity index (χ4n) is 3.33. The minimum Gasteiger partial charge on any atom is -0.489 e. The van der Waals surface area contributed by atoms with Gasteiger partial charge in [0, 0.05) is 24.1 Å². The fraction of sp³-hybridized carbons (Fsp3) is 0.136. The predicted molar refractivity (Wildman–Crippen MR) is 109 cm³/mol. The summed E-state index contributed by atoms with van der Waals surface area (Å²) in [6, 6.07) is 14.7. The van der Waals surface area contributed by atoms with E-state index in [1.165, 1.54) is 0 Å². The molecule has 0 saturated carbocycles. The van der Waals surface area contributed by atoms with E-state index < -0.39 is 0 Å². The number of ether oxygens (including phenoxy) is 3. The molecule has 1 amide bonds. The third kappa shape index (κ3) is 3.39. The Bertz CT molecular complexity index is 1250. The molecule has 8 nitrogen and oxygen atoms in total. The van der Waals surface area contributed by atoms with Gasteiger partial charge in [0.25, 0.3) is 5.91 Å². The lowest BCUT2D eigenvalue weighted by Crippen LogP contribution is -2.13. The van der Waals surface area contributed by atoms with Crippen LogP contribution >= 0.6 is 0 Å². The minimum atomic E-state index is -0.255. The molecule has 1 N–H and O–H groups in total. The van der Waals surface area contributed by atoms with Gasteiger partial charge in [-0.3, -0.25) is 4.79 Å². The zero-order valence-electron chi connectivity index (χ0n) is 16.2. The highest BCUT2D eigenvalue weighted by molar-refractivity contribution is 6.09. The molecule has 3 heterocycles. The average molecular weight is 402 g/mol. The van der Waals surface area contributed by atoms with Gasteiger partial charge in [0.1, 0.15) is 17.9 Å². The first kappa shape index (κ1) is 18.0. The van der Waals surface area contributed by atoms with E-state index in [0.717, 1.165) is 5.56 Å². The number of fused-ring (bicyclic) bond motifs is 2. The lowest BCUT2D eigenvalue weighted by molar-refractivity contribution is 0.102. The van der Waals surface area contributed by atoms with E-state index in [2.05, 4.69) is 15.4 Å². The summed E-state index contributed by atoms with van der Waals surface area (Å²) in [6.07, 6.45) is 3.40. The summed E-state index contributed by atoms with van der Waals surface area (Å²) in [5, 5.41) is 7.26. The number of aryl methyl sites for hydroxylation is 1. The van der Waals surface area contributed by atoms with E-state index in [9.17, 15) is 4.79 Å². The Morgan fingerprint density at radius 3 is 3.00 bits per heavy atom. The second-order valence-corrected chi connectivity index (χ2v) is 6.81. The van der Waals surface area contributed by atoms with Crippen LogP contribution in [0.5, 0.6) is 17.2 Å². The maximum absolute atomic E-state index is 12.8. The van der Waals surface area contributed by atoms with Crippen LogP contribution < -0.4 is 19.5 Å². The minimum absolute atomic E-state index is 0.224. The second-order valence-electron chi connectivity index (χ2n) is 6.81. The Labute approximate surface area is 172 Å². The van der Waals surface area contributed by atoms with Crippen molar-refractivity contribution in [3.63, 3.8) is 0 Å². The van der Waals surface area contributed by atoms with Crippen LogP contribution in [0, 0.1) is 6.92 Å². The Morgan fingerprint density at radius 1 is 1.17 bits per heavy atom. The summed E-state index contributed by atoms with van der Waals surface area (Å²) in [7, 11) is 0. The van der Waals surface area contributed by atoms with Crippen LogP contribution in [0.2, 0.25) is 0 Å². The Kier molecular flexibility index (Phi) is 4.44. The molecule has 150 valence electrons. The molecule has 30 heavy (non-hydrogen) atoms. The molecular formula is C22H18N4O4. The zero-order valence-corrected chi connectivity index (χ0v) is 16.2. The molecule has 0 unspecified atom stereocenters. The van der Waals surface area contributed by atoms with Gasteiger partial charge in [-0.1, -0.05) is 12.1 Å². The van der Waals surface area contributed by atoms with E-state index in [4.69, 9.17) is 14.2 Å². The van der Waals surface area contributed by atoms with E-state index in [1.54, 1.807) is 36.0 Å². The number of amides is 1. The van der Waals surface area contributed by atoms with Crippen molar-refractivity contribution in [2.75, 3.05) is 12.1 Å². The molecule has 0 radical (unpaired) electrons. The Morgan fingerprint density at radius 2 is 2.07 bits per heavy atom. The van der Waals surface area contributed by atoms with Gasteiger partial charge in [-0.25, -0.2) is 9.50 Å². The van der Waals surface area contributed by atoms with Crippen LogP contribution in [0.3, 0.4) is 0 Å². The zero-order chi connectivity index (χ0) is 20.5. The van der Waals surface area contributed by atoms with Crippen molar-refractivity contribution in [1.29, 1.82) is 0 Å². The van der Waals surface area contributed by atoms with Crippen molar-refractivity contribution in [2.24, 2.45) is 0 Å². The highest BCUT2D eigenvalue weighted by Gasteiger charge is 2.18. The van der Waals surface area contributed by atoms with E-state index in [0.29, 0.717) is 46.4 Å². The topological polar surface area (TPSA) is 87.0 Å². The van der Waals surface area contributed by atoms with E-state index >= 15 is 0 Å². The molecule has 0 spiro atoms. The molecule has 4 aromatic rings. The standard InChI is InChI=1S/C22H18N4O4/c1-14-20(21-23-8-3-9-26(21)25-14)22(27)24-16-5-2-4-15(10-16)12-28-17-6-7-18-19(11-17)30-13-29-18/h2-11H,12-13H2,1H3,(H,24,27). The summed E-state index contributed by atoms with van der Waals surface area (Å²) in [5.41, 5.74) is 3.18. The monoisotopic (exact) mass is 402 g/mol. The molecule has 2 aromatic heterocycles. The van der Waals surface area contributed by atoms with Crippen molar-refractivity contribution >= 4 is 17.2 Å². The number of anilines is 1. The molecule has 5 rings (SSSR count). The van der Waals surface area contributed by atoms with E-state index in [-0.39, 0.29) is 12.7 Å². The first-order valence-electron chi connectivity index (χ1n) is 9.40. The highest BCUT2D eigenvalue weighted by Crippen LogP contribution is 2.35. The van der Waals surface area contributed by atoms with Crippen LogP contribution in [0.15, 0.2) is 60.9 Å². The second kappa shape index (κ2) is 7.40. The maximum Gasteiger partial charge on any atom is 0.261 e. The lowest BCUT2D eigenvalue weighted by Gasteiger charge is -2.09. The Hall–Kier alpha value is -4.07. The predicted octanol–water partition coefficient (Wildman–Crippen LogP) is 3.60. The number of rotatable bonds is 5. The summed E-state index contributed by atoms with van der Waals surface area (Å²) in [6.45, 7) is 2.36. The number of nitrogens with zero attached hydrogens (tertiary/aromatic N) is 3. The summed E-state index contributed by atoms with van der Waals surface area (Å²) >= 11 is 0. The van der Waals surface area contributed by atoms with Crippen LogP contribution in [-0.4, -0.2) is 27.3 Å². The van der Waals surface area contributed by atoms with Gasteiger partial charge in [0.15, 0.2) is 17.1 Å². The van der Waals surface area contributed by atoms with Gasteiger partial charge in [-0.15, -0.1) is 0 Å². The molecule has 0 atom stereocenters. The van der Waals surface area contributed by atoms with Crippen molar-refractivity contribution < 1.29 is 19.0 Å². The third-order valence-electron chi connectivity index (χ3n) is 4.73. The van der Waals surface area contributed by atoms with E-state index in [1.807, 2.05) is 36.4 Å². The van der Waals surface area contributed by atoms with Gasteiger partial charge >= 0.3 is 0 Å². The van der Waals surface area contributed by atoms with Gasteiger partial charge in [0.2, 0.25) is 6.79 Å². The largest absolute Gasteiger partial charge is 0.489 e. The van der Waals surface area contributed by atoms with Crippen LogP contribution in [0.1, 0.15) is 21.6 Å². The molecule has 2 aromatic carbocycles. The number of hydrogen-bond acceptors (Lipinski definition) is 6. The number of carbonyl (C=O) groups excluding carboxylic acids is 1. The van der Waals surface area contributed by atoms with Crippen LogP contribution in [0.25, 0.3) is 5.65 Å². The number of nitrogens with one attached hydrogen (secondary N) is 1. The first-order chi connectivity index (χ1) is 14.7. The van der Waals surface area contributed by atoms with Gasteiger partial charge in [-0.05, 0) is 42.8 Å². The SMILES string of the molecule is Cc1nn2cccnc2c1C(=O)Nc1cccc(COc2ccc3c(c2)OCO3)c1. The van der Waals surface area contributed by atoms with Crippen molar-refractivity contribution in [1.82, 2.24) is 14.6 Å². The number of carbonyl (C=O) groups is 1. The van der Waals surface area contributed by atoms with Crippen LogP contribution in [-0.2, 0) is 6.61 Å². The molecule has 0 saturated heterocycles. The average Bonchev–Trinajstić information content (AvgIpc) is 3.35. The van der Waals surface area contributed by atoms with Gasteiger partial charge in [0.05, 0.1) is 5.69 Å². The fourth-order valence-corrected chi connectivity index (χ4v) is 3.33. The van der Waals surface area contributed by atoms with Crippen LogP contribution in [0.4, 0.5) is 5.69 Å². The number of hydrogen-bond donors (Lipinski definition) is 1. The van der Waals surface area contributed by atoms with Gasteiger partial charge < -0.3 is 19.5 Å². The first-order valence-corrected chi connectivity index (χ1v) is 9.40. The molecule has 8 heteroatoms. The summed E-state index contributed by atoms with van der Waals surface area (Å²) < 4.78 is 18.1. The smallest absolute Gasteiger partial charge is 0.261 e. The summed E-state index contributed by atoms with van der Waals surface area (Å²) in [5.74, 6) is 1.81. The molecule has 0 aliphatic carbocycles. The highest BCUT2D eigenvalue weighted by atomic mass is 16.7. The number of benzene rings is 2. The molecule has 1 aliphatic heterocycles. The third-order valence-corrected chi connectivity index (χ3v) is 4.73. The van der Waals surface area contributed by atoms with Crippen molar-refractivity contribution in [2.45, 2.75) is 13.5 Å². The molecular weight excluding hydrogens is 384 g/mol. The van der Waals surface area contributed by atoms with Crippen molar-refractivity contribution in [3.8, 4) is 17.2 Å². The quantitative estimate of drug-likeness (QED) is 0.549. The maximum atomic E-state index is 12.8. The lowest BCUT2D eigenvalue weighted by atomic mass is 10.2.